The molecule has 0 fully saturated rings. The van der Waals surface area contributed by atoms with Crippen LogP contribution in [0.15, 0.2) is 48.6 Å². The summed E-state index contributed by atoms with van der Waals surface area (Å²) in [4.78, 5) is 38.3. The molecule has 0 N–H and O–H groups in total. The predicted octanol–water partition coefficient (Wildman–Crippen LogP) is 30.4. The minimum Gasteiger partial charge on any atom is -0.756 e. The Labute approximate surface area is 643 Å². The van der Waals surface area contributed by atoms with Crippen molar-refractivity contribution < 1.29 is 42.1 Å². The number of hydrogen-bond donors (Lipinski definition) is 0. The number of quaternary nitrogens is 1. The maximum Gasteiger partial charge on any atom is 0.306 e. The van der Waals surface area contributed by atoms with Gasteiger partial charge >= 0.3 is 11.9 Å². The van der Waals surface area contributed by atoms with Gasteiger partial charge in [-0.25, -0.2) is 0 Å². The number of allylic oxidation sites excluding steroid dienone is 8. The van der Waals surface area contributed by atoms with Gasteiger partial charge in [0.05, 0.1) is 27.7 Å². The minimum absolute atomic E-state index is 0.0268. The lowest BCUT2D eigenvalue weighted by molar-refractivity contribution is -0.870. The highest BCUT2D eigenvalue weighted by molar-refractivity contribution is 7.45. The SMILES string of the molecule is CC/C=C\C/C=C\C/C=C\C/C=C\CCCCCCCCCCCCCCCCCCCCCCCCCCCCC(=O)OC(COC(=O)CCCCCCCCCCCCCCCCCCCCCCCCCCCCCCCCCCCCCCCCCC)COP(=O)([O-])OCC[N+](C)(C)C. The summed E-state index contributed by atoms with van der Waals surface area (Å²) in [6.07, 6.45) is 113. The van der Waals surface area contributed by atoms with Crippen LogP contribution in [0, 0.1) is 0 Å². The van der Waals surface area contributed by atoms with Crippen LogP contribution in [0.1, 0.15) is 483 Å². The highest BCUT2D eigenvalue weighted by Crippen LogP contribution is 2.38. The molecule has 0 aliphatic rings. The van der Waals surface area contributed by atoms with Crippen molar-refractivity contribution in [3.8, 4) is 0 Å². The van der Waals surface area contributed by atoms with E-state index < -0.39 is 26.5 Å². The van der Waals surface area contributed by atoms with E-state index in [1.807, 2.05) is 21.1 Å². The Morgan fingerprint density at radius 2 is 0.553 bits per heavy atom. The van der Waals surface area contributed by atoms with E-state index in [1.165, 1.54) is 392 Å². The smallest absolute Gasteiger partial charge is 0.306 e. The average Bonchev–Trinajstić information content (AvgIpc) is 1.01. The molecule has 0 saturated heterocycles. The Morgan fingerprint density at radius 1 is 0.311 bits per heavy atom. The molecule has 0 saturated carbocycles. The lowest BCUT2D eigenvalue weighted by Gasteiger charge is -2.28. The summed E-state index contributed by atoms with van der Waals surface area (Å²) in [6.45, 7) is 4.22. The number of phosphoric acid groups is 1. The van der Waals surface area contributed by atoms with E-state index in [-0.39, 0.29) is 32.0 Å². The zero-order valence-electron chi connectivity index (χ0n) is 69.8. The van der Waals surface area contributed by atoms with E-state index in [0.717, 1.165) is 57.8 Å². The van der Waals surface area contributed by atoms with Crippen LogP contribution in [-0.4, -0.2) is 70.0 Å². The number of unbranched alkanes of at least 4 members (excludes halogenated alkanes) is 65. The van der Waals surface area contributed by atoms with Gasteiger partial charge in [0.1, 0.15) is 19.8 Å². The van der Waals surface area contributed by atoms with Gasteiger partial charge in [0.2, 0.25) is 0 Å². The number of likely N-dealkylation sites (N-methyl/N-ethyl adjacent to an activating group) is 1. The molecule has 0 aromatic heterocycles. The topological polar surface area (TPSA) is 111 Å². The number of carbonyl (C=O) groups is 2. The third-order valence-electron chi connectivity index (χ3n) is 21.1. The van der Waals surface area contributed by atoms with Gasteiger partial charge in [-0.15, -0.1) is 0 Å². The minimum atomic E-state index is -4.65. The van der Waals surface area contributed by atoms with Crippen molar-refractivity contribution >= 4 is 19.8 Å². The first-order valence-corrected chi connectivity index (χ1v) is 47.3. The van der Waals surface area contributed by atoms with Gasteiger partial charge < -0.3 is 27.9 Å². The van der Waals surface area contributed by atoms with E-state index in [1.54, 1.807) is 0 Å². The molecule has 0 amide bonds. The molecular formula is C93H178NO8P. The number of ether oxygens (including phenoxy) is 2. The highest BCUT2D eigenvalue weighted by Gasteiger charge is 2.22. The summed E-state index contributed by atoms with van der Waals surface area (Å²) in [5, 5.41) is 0. The molecule has 0 spiro atoms. The second-order valence-corrected chi connectivity index (χ2v) is 34.1. The predicted molar refractivity (Wildman–Crippen MR) is 448 cm³/mol. The number of carbonyl (C=O) groups excluding carboxylic acids is 2. The Balaban J connectivity index is 3.82. The van der Waals surface area contributed by atoms with Gasteiger partial charge in [0.25, 0.3) is 7.82 Å². The van der Waals surface area contributed by atoms with Crippen molar-refractivity contribution in [2.75, 3.05) is 47.5 Å². The van der Waals surface area contributed by atoms with Crippen molar-refractivity contribution in [1.82, 2.24) is 0 Å². The zero-order valence-corrected chi connectivity index (χ0v) is 70.7. The number of hydrogen-bond acceptors (Lipinski definition) is 8. The molecule has 0 bridgehead atoms. The van der Waals surface area contributed by atoms with Gasteiger partial charge in [-0.05, 0) is 51.4 Å². The molecule has 2 unspecified atom stereocenters. The van der Waals surface area contributed by atoms with Gasteiger partial charge in [0, 0.05) is 12.8 Å². The molecule has 9 nitrogen and oxygen atoms in total. The van der Waals surface area contributed by atoms with Crippen LogP contribution in [0.4, 0.5) is 0 Å². The number of phosphoric ester groups is 1. The van der Waals surface area contributed by atoms with Crippen LogP contribution in [-0.2, 0) is 32.7 Å². The molecular weight excluding hydrogens is 1290 g/mol. The fraction of sp³-hybridized carbons (Fsp3) is 0.892. The number of esters is 2. The fourth-order valence-corrected chi connectivity index (χ4v) is 14.9. The van der Waals surface area contributed by atoms with E-state index >= 15 is 0 Å². The Morgan fingerprint density at radius 3 is 0.825 bits per heavy atom. The van der Waals surface area contributed by atoms with Gasteiger partial charge in [-0.1, -0.05) is 467 Å². The molecule has 0 rings (SSSR count). The first-order valence-electron chi connectivity index (χ1n) is 45.8. The monoisotopic (exact) mass is 1470 g/mol. The molecule has 0 heterocycles. The van der Waals surface area contributed by atoms with Crippen molar-refractivity contribution in [2.24, 2.45) is 0 Å². The fourth-order valence-electron chi connectivity index (χ4n) is 14.2. The third-order valence-corrected chi connectivity index (χ3v) is 22.1. The summed E-state index contributed by atoms with van der Waals surface area (Å²) in [6, 6.07) is 0. The summed E-state index contributed by atoms with van der Waals surface area (Å²) in [5.41, 5.74) is 0. The van der Waals surface area contributed by atoms with Crippen molar-refractivity contribution in [3.63, 3.8) is 0 Å². The van der Waals surface area contributed by atoms with Gasteiger partial charge in [-0.2, -0.15) is 0 Å². The van der Waals surface area contributed by atoms with Gasteiger partial charge in [-0.3, -0.25) is 14.2 Å². The molecule has 0 radical (unpaired) electrons. The maximum atomic E-state index is 12.9. The van der Waals surface area contributed by atoms with E-state index in [2.05, 4.69) is 62.5 Å². The van der Waals surface area contributed by atoms with Gasteiger partial charge in [0.15, 0.2) is 6.10 Å². The highest BCUT2D eigenvalue weighted by atomic mass is 31.2. The number of rotatable bonds is 87. The zero-order chi connectivity index (χ0) is 74.7. The van der Waals surface area contributed by atoms with Crippen LogP contribution < -0.4 is 4.89 Å². The van der Waals surface area contributed by atoms with Crippen LogP contribution in [0.25, 0.3) is 0 Å². The molecule has 103 heavy (non-hydrogen) atoms. The Bertz CT molecular complexity index is 1880. The van der Waals surface area contributed by atoms with E-state index in [9.17, 15) is 19.0 Å². The Hall–Kier alpha value is -2.03. The molecule has 0 aromatic rings. The average molecular weight is 1470 g/mol. The van der Waals surface area contributed by atoms with Crippen molar-refractivity contribution in [3.05, 3.63) is 48.6 Å². The van der Waals surface area contributed by atoms with E-state index in [4.69, 9.17) is 18.5 Å². The molecule has 0 aliphatic heterocycles. The summed E-state index contributed by atoms with van der Waals surface area (Å²) < 4.78 is 34.5. The summed E-state index contributed by atoms with van der Waals surface area (Å²) in [5.74, 6) is -0.803. The maximum absolute atomic E-state index is 12.9. The third kappa shape index (κ3) is 88.8. The van der Waals surface area contributed by atoms with E-state index in [0.29, 0.717) is 17.4 Å². The summed E-state index contributed by atoms with van der Waals surface area (Å²) in [7, 11) is 1.20. The lowest BCUT2D eigenvalue weighted by atomic mass is 10.0. The molecule has 10 heteroatoms. The number of nitrogens with zero attached hydrogens (tertiary/aromatic N) is 1. The summed E-state index contributed by atoms with van der Waals surface area (Å²) >= 11 is 0. The van der Waals surface area contributed by atoms with Crippen LogP contribution in [0.3, 0.4) is 0 Å². The lowest BCUT2D eigenvalue weighted by Crippen LogP contribution is -2.37. The first-order chi connectivity index (χ1) is 50.5. The molecule has 608 valence electrons. The van der Waals surface area contributed by atoms with Crippen LogP contribution >= 0.6 is 7.82 Å². The quantitative estimate of drug-likeness (QED) is 0.0195. The molecule has 0 aromatic carbocycles. The second kappa shape index (κ2) is 84.0. The molecule has 2 atom stereocenters. The second-order valence-electron chi connectivity index (χ2n) is 32.7. The molecule has 0 aliphatic carbocycles. The van der Waals surface area contributed by atoms with Crippen LogP contribution in [0.2, 0.25) is 0 Å². The van der Waals surface area contributed by atoms with Crippen LogP contribution in [0.5, 0.6) is 0 Å². The first kappa shape index (κ1) is 101. The largest absolute Gasteiger partial charge is 0.756 e. The van der Waals surface area contributed by atoms with Crippen molar-refractivity contribution in [1.29, 1.82) is 0 Å². The normalized spacial score (nSPS) is 13.1. The Kier molecular flexibility index (Phi) is 82.3. The standard InChI is InChI=1S/C93H178NO8P/c1-6-8-10-12-14-16-18-20-22-24-26-28-30-32-34-36-38-40-42-44-46-48-49-51-53-55-57-59-61-63-65-67-69-71-73-75-77-79-81-83-85-92(95)99-89-91(90-101-103(97,98)100-88-87-94(3,4)5)102-93(96)86-84-82-80-78-76-74-72-70-68-66-64-62-60-58-56-54-52-50-47-45-43-41-39-37-35-33-31-29-27-25-23-21-19-17-15-13-11-9-7-2/h9,11,15,17,21,23,27,29,91H,6-8,10,12-14,16,18-20,22,24-26,28,30-90H2,1-5H3/b11-9-,17-15-,23-21-,29-27-. The van der Waals surface area contributed by atoms with Crippen molar-refractivity contribution in [2.45, 2.75) is 489 Å².